The Bertz CT molecular complexity index is 368. The molecule has 1 aromatic carbocycles. The van der Waals surface area contributed by atoms with E-state index in [1.165, 1.54) is 13.2 Å². The van der Waals surface area contributed by atoms with Gasteiger partial charge < -0.3 is 15.2 Å². The van der Waals surface area contributed by atoms with Crippen molar-refractivity contribution in [3.05, 3.63) is 16.6 Å². The zero-order chi connectivity index (χ0) is 11.6. The lowest BCUT2D eigenvalue weighted by Gasteiger charge is -2.13. The number of methoxy groups -OCH3 is 1. The molecule has 0 amide bonds. The second-order valence-corrected chi connectivity index (χ2v) is 3.43. The van der Waals surface area contributed by atoms with Gasteiger partial charge in [0, 0.05) is 12.1 Å². The van der Waals surface area contributed by atoms with Crippen LogP contribution in [0, 0.1) is 0 Å². The molecular weight excluding hydrogens is 279 g/mol. The van der Waals surface area contributed by atoms with Gasteiger partial charge in [-0.05, 0) is 15.9 Å². The third-order valence-electron chi connectivity index (χ3n) is 1.51. The van der Waals surface area contributed by atoms with Crippen molar-refractivity contribution >= 4 is 21.6 Å². The Labute approximate surface area is 92.1 Å². The molecule has 1 rings (SSSR count). The minimum absolute atomic E-state index is 0.146. The fourth-order valence-electron chi connectivity index (χ4n) is 0.920. The molecule has 84 valence electrons. The van der Waals surface area contributed by atoms with E-state index in [0.29, 0.717) is 10.2 Å². The average Bonchev–Trinajstić information content (AvgIpc) is 2.08. The molecule has 7 heteroatoms. The Morgan fingerprint density at radius 3 is 2.33 bits per heavy atom. The number of hydrogen-bond acceptors (Lipinski definition) is 3. The molecule has 0 fully saturated rings. The molecular formula is C8H7BrF3NO2. The number of nitrogen functional groups attached to an aromatic ring is 1. The molecule has 0 heterocycles. The summed E-state index contributed by atoms with van der Waals surface area (Å²) in [5.41, 5.74) is 5.20. The van der Waals surface area contributed by atoms with Gasteiger partial charge >= 0.3 is 6.36 Å². The van der Waals surface area contributed by atoms with E-state index in [1.807, 2.05) is 0 Å². The summed E-state index contributed by atoms with van der Waals surface area (Å²) in [6.45, 7) is 0. The van der Waals surface area contributed by atoms with Gasteiger partial charge in [0.25, 0.3) is 0 Å². The van der Waals surface area contributed by atoms with Crippen LogP contribution in [0.15, 0.2) is 16.6 Å². The van der Waals surface area contributed by atoms with Crippen LogP contribution >= 0.6 is 15.9 Å². The van der Waals surface area contributed by atoms with Crippen molar-refractivity contribution in [1.82, 2.24) is 0 Å². The van der Waals surface area contributed by atoms with E-state index in [1.54, 1.807) is 0 Å². The largest absolute Gasteiger partial charge is 0.573 e. The first-order valence-electron chi connectivity index (χ1n) is 3.72. The molecule has 0 atom stereocenters. The normalized spacial score (nSPS) is 11.3. The van der Waals surface area contributed by atoms with Crippen LogP contribution in [0.2, 0.25) is 0 Å². The standard InChI is InChI=1S/C8H7BrF3NO2/c1-14-6-3-5(13)7(2-4(6)9)15-8(10,11)12/h2-3H,13H2,1H3. The van der Waals surface area contributed by atoms with Gasteiger partial charge in [0.2, 0.25) is 0 Å². The molecule has 0 spiro atoms. The van der Waals surface area contributed by atoms with Crippen LogP contribution in [0.4, 0.5) is 18.9 Å². The zero-order valence-corrected chi connectivity index (χ0v) is 9.15. The van der Waals surface area contributed by atoms with Crippen LogP contribution in [0.1, 0.15) is 0 Å². The number of halogens is 4. The maximum atomic E-state index is 11.9. The molecule has 1 aromatic rings. The molecule has 0 unspecified atom stereocenters. The summed E-state index contributed by atoms with van der Waals surface area (Å²) in [6, 6.07) is 2.34. The zero-order valence-electron chi connectivity index (χ0n) is 7.56. The van der Waals surface area contributed by atoms with Crippen LogP contribution in [0.5, 0.6) is 11.5 Å². The molecule has 0 saturated carbocycles. The average molecular weight is 286 g/mol. The first-order valence-corrected chi connectivity index (χ1v) is 4.51. The molecule has 0 radical (unpaired) electrons. The van der Waals surface area contributed by atoms with E-state index in [2.05, 4.69) is 20.7 Å². The van der Waals surface area contributed by atoms with E-state index in [9.17, 15) is 13.2 Å². The van der Waals surface area contributed by atoms with E-state index in [0.717, 1.165) is 6.07 Å². The highest BCUT2D eigenvalue weighted by Gasteiger charge is 2.32. The molecule has 3 nitrogen and oxygen atoms in total. The lowest BCUT2D eigenvalue weighted by Crippen LogP contribution is -2.18. The van der Waals surface area contributed by atoms with Crippen LogP contribution in [0.25, 0.3) is 0 Å². The van der Waals surface area contributed by atoms with Crippen molar-refractivity contribution in [2.24, 2.45) is 0 Å². The van der Waals surface area contributed by atoms with Crippen molar-refractivity contribution in [3.63, 3.8) is 0 Å². The first-order chi connectivity index (χ1) is 6.83. The molecule has 0 saturated heterocycles. The number of rotatable bonds is 2. The predicted octanol–water partition coefficient (Wildman–Crippen LogP) is 2.94. The Kier molecular flexibility index (Phi) is 3.33. The number of benzene rings is 1. The van der Waals surface area contributed by atoms with Crippen LogP contribution in [-0.2, 0) is 0 Å². The minimum atomic E-state index is -4.76. The van der Waals surface area contributed by atoms with Gasteiger partial charge in [-0.1, -0.05) is 0 Å². The van der Waals surface area contributed by atoms with Gasteiger partial charge in [-0.25, -0.2) is 0 Å². The van der Waals surface area contributed by atoms with E-state index >= 15 is 0 Å². The van der Waals surface area contributed by atoms with Gasteiger partial charge in [0.1, 0.15) is 5.75 Å². The molecule has 0 aliphatic heterocycles. The Morgan fingerprint density at radius 2 is 1.87 bits per heavy atom. The predicted molar refractivity (Wildman–Crippen MR) is 51.8 cm³/mol. The van der Waals surface area contributed by atoms with Crippen LogP contribution in [-0.4, -0.2) is 13.5 Å². The summed E-state index contributed by atoms with van der Waals surface area (Å²) >= 11 is 3.02. The number of hydrogen-bond donors (Lipinski definition) is 1. The summed E-state index contributed by atoms with van der Waals surface area (Å²) in [6.07, 6.45) is -4.76. The maximum Gasteiger partial charge on any atom is 0.573 e. The van der Waals surface area contributed by atoms with Gasteiger partial charge in [0.15, 0.2) is 5.75 Å². The number of ether oxygens (including phenoxy) is 2. The monoisotopic (exact) mass is 285 g/mol. The van der Waals surface area contributed by atoms with E-state index in [4.69, 9.17) is 10.5 Å². The van der Waals surface area contributed by atoms with Crippen molar-refractivity contribution < 1.29 is 22.6 Å². The van der Waals surface area contributed by atoms with Gasteiger partial charge in [-0.2, -0.15) is 0 Å². The fourth-order valence-corrected chi connectivity index (χ4v) is 1.40. The molecule has 0 bridgehead atoms. The summed E-state index contributed by atoms with van der Waals surface area (Å²) in [7, 11) is 1.38. The van der Waals surface area contributed by atoms with Gasteiger partial charge in [-0.15, -0.1) is 13.2 Å². The summed E-state index contributed by atoms with van der Waals surface area (Å²) in [5.74, 6) is -0.128. The fraction of sp³-hybridized carbons (Fsp3) is 0.250. The Balaban J connectivity index is 3.05. The van der Waals surface area contributed by atoms with Gasteiger partial charge in [0.05, 0.1) is 17.3 Å². The lowest BCUT2D eigenvalue weighted by molar-refractivity contribution is -0.274. The minimum Gasteiger partial charge on any atom is -0.495 e. The highest BCUT2D eigenvalue weighted by molar-refractivity contribution is 9.10. The number of anilines is 1. The highest BCUT2D eigenvalue weighted by Crippen LogP contribution is 2.36. The van der Waals surface area contributed by atoms with Crippen molar-refractivity contribution in [1.29, 1.82) is 0 Å². The Morgan fingerprint density at radius 1 is 1.27 bits per heavy atom. The second kappa shape index (κ2) is 4.18. The third kappa shape index (κ3) is 3.19. The van der Waals surface area contributed by atoms with E-state index < -0.39 is 12.1 Å². The topological polar surface area (TPSA) is 44.5 Å². The molecule has 0 aromatic heterocycles. The molecule has 2 N–H and O–H groups in total. The maximum absolute atomic E-state index is 11.9. The SMILES string of the molecule is COc1cc(N)c(OC(F)(F)F)cc1Br. The van der Waals surface area contributed by atoms with E-state index in [-0.39, 0.29) is 5.69 Å². The van der Waals surface area contributed by atoms with Crippen LogP contribution in [0.3, 0.4) is 0 Å². The summed E-state index contributed by atoms with van der Waals surface area (Å²) in [5, 5.41) is 0. The smallest absolute Gasteiger partial charge is 0.495 e. The van der Waals surface area contributed by atoms with Gasteiger partial charge in [-0.3, -0.25) is 0 Å². The van der Waals surface area contributed by atoms with Crippen molar-refractivity contribution in [3.8, 4) is 11.5 Å². The third-order valence-corrected chi connectivity index (χ3v) is 2.13. The molecule has 0 aliphatic carbocycles. The Hall–Kier alpha value is -1.11. The lowest BCUT2D eigenvalue weighted by atomic mass is 10.3. The number of nitrogens with two attached hydrogens (primary N) is 1. The first kappa shape index (κ1) is 12.0. The molecule has 0 aliphatic rings. The van der Waals surface area contributed by atoms with Crippen molar-refractivity contribution in [2.75, 3.05) is 12.8 Å². The van der Waals surface area contributed by atoms with Crippen LogP contribution < -0.4 is 15.2 Å². The second-order valence-electron chi connectivity index (χ2n) is 2.57. The number of alkyl halides is 3. The molecule has 15 heavy (non-hydrogen) atoms. The highest BCUT2D eigenvalue weighted by atomic mass is 79.9. The summed E-state index contributed by atoms with van der Waals surface area (Å²) < 4.78 is 44.6. The van der Waals surface area contributed by atoms with Crippen molar-refractivity contribution in [2.45, 2.75) is 6.36 Å². The summed E-state index contributed by atoms with van der Waals surface area (Å²) in [4.78, 5) is 0. The quantitative estimate of drug-likeness (QED) is 0.850.